The number of esters is 3. The zero-order valence-electron chi connectivity index (χ0n) is 14.6. The Morgan fingerprint density at radius 2 is 1.92 bits per heavy atom. The SMILES string of the molecule is CCOC(=O)/C=C1\CO[C@@H](c2cccc(Br)c2)C1(C(=O)OC)C(=O)OC. The van der Waals surface area contributed by atoms with Crippen LogP contribution in [0, 0.1) is 5.41 Å². The van der Waals surface area contributed by atoms with E-state index in [-0.39, 0.29) is 18.8 Å². The maximum atomic E-state index is 12.7. The van der Waals surface area contributed by atoms with Gasteiger partial charge in [-0.25, -0.2) is 4.79 Å². The fraction of sp³-hybridized carbons (Fsp3) is 0.389. The molecule has 0 saturated carbocycles. The summed E-state index contributed by atoms with van der Waals surface area (Å²) in [6.07, 6.45) is 0.0792. The van der Waals surface area contributed by atoms with Crippen LogP contribution in [0.2, 0.25) is 0 Å². The zero-order chi connectivity index (χ0) is 19.3. The Morgan fingerprint density at radius 1 is 1.27 bits per heavy atom. The first-order chi connectivity index (χ1) is 12.4. The second-order valence-electron chi connectivity index (χ2n) is 5.46. The highest BCUT2D eigenvalue weighted by molar-refractivity contribution is 9.10. The molecule has 0 bridgehead atoms. The average Bonchev–Trinajstić information content (AvgIpc) is 3.00. The quantitative estimate of drug-likeness (QED) is 0.309. The Kier molecular flexibility index (Phi) is 6.55. The number of ether oxygens (including phenoxy) is 4. The van der Waals surface area contributed by atoms with Gasteiger partial charge in [0.15, 0.2) is 0 Å². The third-order valence-corrected chi connectivity index (χ3v) is 4.54. The molecular weight excluding hydrogens is 408 g/mol. The topological polar surface area (TPSA) is 88.1 Å². The largest absolute Gasteiger partial charge is 0.468 e. The van der Waals surface area contributed by atoms with Gasteiger partial charge in [-0.3, -0.25) is 9.59 Å². The van der Waals surface area contributed by atoms with Gasteiger partial charge in [0.25, 0.3) is 0 Å². The number of carbonyl (C=O) groups excluding carboxylic acids is 3. The summed E-state index contributed by atoms with van der Waals surface area (Å²) in [5, 5.41) is 0. The maximum absolute atomic E-state index is 12.7. The first-order valence-electron chi connectivity index (χ1n) is 7.83. The van der Waals surface area contributed by atoms with Gasteiger partial charge in [-0.2, -0.15) is 0 Å². The summed E-state index contributed by atoms with van der Waals surface area (Å²) < 4.78 is 21.2. The van der Waals surface area contributed by atoms with Crippen molar-refractivity contribution in [2.24, 2.45) is 5.41 Å². The van der Waals surface area contributed by atoms with Crippen LogP contribution in [0.1, 0.15) is 18.6 Å². The molecule has 0 aliphatic carbocycles. The van der Waals surface area contributed by atoms with E-state index < -0.39 is 29.4 Å². The fourth-order valence-corrected chi connectivity index (χ4v) is 3.38. The number of carbonyl (C=O) groups is 3. The summed E-state index contributed by atoms with van der Waals surface area (Å²) in [7, 11) is 2.32. The number of hydrogen-bond donors (Lipinski definition) is 0. The second-order valence-corrected chi connectivity index (χ2v) is 6.37. The van der Waals surface area contributed by atoms with Crippen molar-refractivity contribution in [2.45, 2.75) is 13.0 Å². The Balaban J connectivity index is 2.66. The zero-order valence-corrected chi connectivity index (χ0v) is 16.2. The Hall–Kier alpha value is -2.19. The van der Waals surface area contributed by atoms with Crippen molar-refractivity contribution in [1.29, 1.82) is 0 Å². The van der Waals surface area contributed by atoms with E-state index in [1.54, 1.807) is 31.2 Å². The number of methoxy groups -OCH3 is 2. The van der Waals surface area contributed by atoms with Crippen LogP contribution in [0.25, 0.3) is 0 Å². The van der Waals surface area contributed by atoms with Crippen LogP contribution in [-0.4, -0.2) is 45.3 Å². The van der Waals surface area contributed by atoms with Crippen LogP contribution in [0.5, 0.6) is 0 Å². The second kappa shape index (κ2) is 8.46. The molecule has 0 N–H and O–H groups in total. The highest BCUT2D eigenvalue weighted by Crippen LogP contribution is 2.50. The molecule has 1 aromatic carbocycles. The third kappa shape index (κ3) is 3.52. The summed E-state index contributed by atoms with van der Waals surface area (Å²) in [6.45, 7) is 1.68. The van der Waals surface area contributed by atoms with Crippen LogP contribution in [0.15, 0.2) is 40.4 Å². The number of halogens is 1. The molecule has 1 heterocycles. The molecule has 1 aliphatic rings. The van der Waals surface area contributed by atoms with Crippen molar-refractivity contribution in [3.63, 3.8) is 0 Å². The molecule has 2 rings (SSSR count). The van der Waals surface area contributed by atoms with Gasteiger partial charge in [-0.1, -0.05) is 28.1 Å². The summed E-state index contributed by atoms with van der Waals surface area (Å²) in [4.78, 5) is 37.4. The lowest BCUT2D eigenvalue weighted by Crippen LogP contribution is -2.45. The van der Waals surface area contributed by atoms with Gasteiger partial charge in [-0.05, 0) is 30.2 Å². The molecule has 1 aliphatic heterocycles. The Morgan fingerprint density at radius 3 is 2.46 bits per heavy atom. The summed E-state index contributed by atoms with van der Waals surface area (Å²) in [5.74, 6) is -2.43. The predicted molar refractivity (Wildman–Crippen MR) is 94.0 cm³/mol. The maximum Gasteiger partial charge on any atom is 0.330 e. The van der Waals surface area contributed by atoms with Crippen molar-refractivity contribution in [2.75, 3.05) is 27.4 Å². The van der Waals surface area contributed by atoms with E-state index in [0.717, 1.165) is 24.8 Å². The minimum Gasteiger partial charge on any atom is -0.468 e. The molecule has 140 valence electrons. The summed E-state index contributed by atoms with van der Waals surface area (Å²) in [6, 6.07) is 6.98. The van der Waals surface area contributed by atoms with Crippen LogP contribution in [0.4, 0.5) is 0 Å². The predicted octanol–water partition coefficient (Wildman–Crippen LogP) is 2.34. The average molecular weight is 427 g/mol. The van der Waals surface area contributed by atoms with Crippen molar-refractivity contribution in [3.05, 3.63) is 46.0 Å². The molecule has 26 heavy (non-hydrogen) atoms. The highest BCUT2D eigenvalue weighted by atomic mass is 79.9. The molecular formula is C18H19BrO7. The van der Waals surface area contributed by atoms with E-state index in [1.165, 1.54) is 0 Å². The molecule has 1 saturated heterocycles. The Labute approximate surface area is 159 Å². The van der Waals surface area contributed by atoms with Crippen molar-refractivity contribution >= 4 is 33.8 Å². The lowest BCUT2D eigenvalue weighted by atomic mass is 9.74. The summed E-state index contributed by atoms with van der Waals surface area (Å²) in [5.41, 5.74) is -1.25. The molecule has 1 aromatic rings. The van der Waals surface area contributed by atoms with E-state index >= 15 is 0 Å². The molecule has 0 unspecified atom stereocenters. The van der Waals surface area contributed by atoms with Gasteiger partial charge < -0.3 is 18.9 Å². The van der Waals surface area contributed by atoms with Crippen LogP contribution in [0.3, 0.4) is 0 Å². The number of rotatable bonds is 5. The minimum absolute atomic E-state index is 0.125. The van der Waals surface area contributed by atoms with E-state index in [1.807, 2.05) is 0 Å². The molecule has 0 spiro atoms. The van der Waals surface area contributed by atoms with Gasteiger partial charge in [0, 0.05) is 10.5 Å². The normalized spacial score (nSPS) is 19.8. The van der Waals surface area contributed by atoms with Crippen molar-refractivity contribution < 1.29 is 33.3 Å². The van der Waals surface area contributed by atoms with E-state index in [0.29, 0.717) is 5.56 Å². The van der Waals surface area contributed by atoms with Crippen LogP contribution < -0.4 is 0 Å². The molecule has 0 aromatic heterocycles. The Bertz CT molecular complexity index is 725. The minimum atomic E-state index is -1.93. The first kappa shape index (κ1) is 20.1. The van der Waals surface area contributed by atoms with Gasteiger partial charge in [0.05, 0.1) is 27.4 Å². The van der Waals surface area contributed by atoms with Crippen LogP contribution in [-0.2, 0) is 33.3 Å². The van der Waals surface area contributed by atoms with Crippen LogP contribution >= 0.6 is 15.9 Å². The molecule has 8 heteroatoms. The first-order valence-corrected chi connectivity index (χ1v) is 8.62. The summed E-state index contributed by atoms with van der Waals surface area (Å²) >= 11 is 3.35. The standard InChI is InChI=1S/C18H19BrO7/c1-4-25-14(20)9-12-10-26-15(11-6-5-7-13(19)8-11)18(12,16(21)23-2)17(22)24-3/h5-9,15H,4,10H2,1-3H3/b12-9+/t15-/m0/s1. The lowest BCUT2D eigenvalue weighted by Gasteiger charge is -2.29. The van der Waals surface area contributed by atoms with Gasteiger partial charge in [-0.15, -0.1) is 0 Å². The molecule has 1 fully saturated rings. The molecule has 1 atom stereocenters. The number of hydrogen-bond acceptors (Lipinski definition) is 7. The fourth-order valence-electron chi connectivity index (χ4n) is 2.96. The van der Waals surface area contributed by atoms with E-state index in [2.05, 4.69) is 15.9 Å². The van der Waals surface area contributed by atoms with E-state index in [9.17, 15) is 14.4 Å². The molecule has 0 radical (unpaired) electrons. The van der Waals surface area contributed by atoms with Gasteiger partial charge in [0.2, 0.25) is 5.41 Å². The monoisotopic (exact) mass is 426 g/mol. The lowest BCUT2D eigenvalue weighted by molar-refractivity contribution is -0.171. The van der Waals surface area contributed by atoms with Gasteiger partial charge in [0.1, 0.15) is 6.10 Å². The third-order valence-electron chi connectivity index (χ3n) is 4.05. The van der Waals surface area contributed by atoms with Crippen molar-refractivity contribution in [1.82, 2.24) is 0 Å². The van der Waals surface area contributed by atoms with E-state index in [4.69, 9.17) is 18.9 Å². The number of benzene rings is 1. The molecule has 7 nitrogen and oxygen atoms in total. The van der Waals surface area contributed by atoms with Crippen molar-refractivity contribution in [3.8, 4) is 0 Å². The highest BCUT2D eigenvalue weighted by Gasteiger charge is 2.62. The van der Waals surface area contributed by atoms with Gasteiger partial charge >= 0.3 is 17.9 Å². The smallest absolute Gasteiger partial charge is 0.330 e. The molecule has 0 amide bonds.